The van der Waals surface area contributed by atoms with Crippen molar-refractivity contribution in [1.29, 1.82) is 0 Å². The van der Waals surface area contributed by atoms with Crippen LogP contribution in [0.2, 0.25) is 0 Å². The van der Waals surface area contributed by atoms with E-state index >= 15 is 0 Å². The van der Waals surface area contributed by atoms with Crippen LogP contribution in [0.25, 0.3) is 0 Å². The van der Waals surface area contributed by atoms with Gasteiger partial charge in [0, 0.05) is 18.3 Å². The topological polar surface area (TPSA) is 321 Å². The van der Waals surface area contributed by atoms with Crippen LogP contribution in [0.5, 0.6) is 0 Å². The number of aliphatic hydroxyl groups is 11. The minimum Gasteiger partial charge on any atom is -0.454 e. The molecule has 8 aliphatic rings. The Balaban J connectivity index is 1.06. The van der Waals surface area contributed by atoms with E-state index in [1.165, 1.54) is 0 Å². The van der Waals surface area contributed by atoms with E-state index in [-0.39, 0.29) is 41.8 Å². The van der Waals surface area contributed by atoms with Gasteiger partial charge < -0.3 is 89.3 Å². The van der Waals surface area contributed by atoms with Crippen molar-refractivity contribution >= 4 is 11.9 Å². The Morgan fingerprint density at radius 1 is 0.696 bits per heavy atom. The second kappa shape index (κ2) is 19.1. The Morgan fingerprint density at radius 3 is 1.93 bits per heavy atom. The molecule has 394 valence electrons. The quantitative estimate of drug-likeness (QED) is 0.0732. The van der Waals surface area contributed by atoms with Crippen LogP contribution in [0.4, 0.5) is 0 Å². The number of carbonyl (C=O) groups excluding carboxylic acids is 2. The van der Waals surface area contributed by atoms with Gasteiger partial charge in [-0.15, -0.1) is 0 Å². The molecule has 25 atom stereocenters. The number of aliphatic hydroxyl groups excluding tert-OH is 10. The van der Waals surface area contributed by atoms with E-state index in [2.05, 4.69) is 26.8 Å². The first kappa shape index (κ1) is 53.3. The van der Waals surface area contributed by atoms with Crippen LogP contribution in [0.3, 0.4) is 0 Å². The first-order valence-corrected chi connectivity index (χ1v) is 24.9. The fraction of sp³-hybridized carbons (Fsp3) is 0.918. The molecule has 0 spiro atoms. The number of hydrogen-bond acceptors (Lipinski definition) is 20. The number of ether oxygens (including phenoxy) is 7. The molecule has 4 saturated carbocycles. The number of rotatable bonds is 10. The highest BCUT2D eigenvalue weighted by atomic mass is 16.8. The standard InChI is InChI=1S/C49H78O20/c1-22-10-15-49(43(61)69-41-36(60)34(58)32(56)27(19-51)66-41)17-16-46(5)24(39(49)48(22,7)62)8-9-29-44(3)13-12-30(45(4,21-52)28(44)11-14-47(29,46)6)67-42-38(64-23(2)53)37(25(54)20-63-42)68-40-35(59)33(57)31(55)26(18-50)65-40/h8,22,25-42,50-52,54-60,62H,9-21H2,1-7H3/t22-,25+,26-,27-,28-,29-,30+,31-,32-,33+,34+,35-,36-,37+,38-,39-,40+,41+,42+,44+,45+,46-,47-,48-,49+/m1/s1. The summed E-state index contributed by atoms with van der Waals surface area (Å²) in [6, 6.07) is 0. The smallest absolute Gasteiger partial charge is 0.315 e. The minimum absolute atomic E-state index is 0.0787. The van der Waals surface area contributed by atoms with Crippen LogP contribution in [-0.2, 0) is 42.7 Å². The highest BCUT2D eigenvalue weighted by Gasteiger charge is 2.72. The van der Waals surface area contributed by atoms with Crippen molar-refractivity contribution in [2.45, 2.75) is 204 Å². The molecule has 7 fully saturated rings. The van der Waals surface area contributed by atoms with Gasteiger partial charge in [-0.3, -0.25) is 9.59 Å². The van der Waals surface area contributed by atoms with Gasteiger partial charge in [0.1, 0.15) is 61.0 Å². The summed E-state index contributed by atoms with van der Waals surface area (Å²) >= 11 is 0. The molecule has 69 heavy (non-hydrogen) atoms. The normalized spacial score (nSPS) is 54.2. The number of fused-ring (bicyclic) bond motifs is 7. The Kier molecular flexibility index (Phi) is 14.7. The van der Waals surface area contributed by atoms with Gasteiger partial charge in [0.05, 0.1) is 43.5 Å². The van der Waals surface area contributed by atoms with E-state index < -0.39 is 145 Å². The second-order valence-corrected chi connectivity index (χ2v) is 23.1. The lowest BCUT2D eigenvalue weighted by Crippen LogP contribution is -2.69. The zero-order valence-electron chi connectivity index (χ0n) is 40.8. The molecule has 0 bridgehead atoms. The molecule has 3 saturated heterocycles. The van der Waals surface area contributed by atoms with Gasteiger partial charge in [0.2, 0.25) is 6.29 Å². The molecule has 3 heterocycles. The molecule has 11 N–H and O–H groups in total. The lowest BCUT2D eigenvalue weighted by atomic mass is 9.33. The summed E-state index contributed by atoms with van der Waals surface area (Å²) in [5.74, 6) is -2.31. The first-order valence-electron chi connectivity index (χ1n) is 24.9. The van der Waals surface area contributed by atoms with Crippen LogP contribution in [0, 0.1) is 50.7 Å². The maximum absolute atomic E-state index is 14.8. The summed E-state index contributed by atoms with van der Waals surface area (Å²) in [5.41, 5.74) is -3.66. The average molecular weight is 987 g/mol. The van der Waals surface area contributed by atoms with Crippen molar-refractivity contribution in [2.24, 2.45) is 50.7 Å². The van der Waals surface area contributed by atoms with E-state index in [0.29, 0.717) is 51.4 Å². The van der Waals surface area contributed by atoms with Crippen molar-refractivity contribution in [2.75, 3.05) is 26.4 Å². The van der Waals surface area contributed by atoms with E-state index in [0.717, 1.165) is 18.9 Å². The second-order valence-electron chi connectivity index (χ2n) is 23.1. The summed E-state index contributed by atoms with van der Waals surface area (Å²) in [4.78, 5) is 27.4. The van der Waals surface area contributed by atoms with Crippen molar-refractivity contribution in [3.8, 4) is 0 Å². The third kappa shape index (κ3) is 8.26. The maximum atomic E-state index is 14.8. The molecule has 0 unspecified atom stereocenters. The van der Waals surface area contributed by atoms with Crippen LogP contribution in [-0.4, -0.2) is 192 Å². The number of hydrogen-bond donors (Lipinski definition) is 11. The Labute approximate surface area is 402 Å². The summed E-state index contributed by atoms with van der Waals surface area (Å²) in [5, 5.41) is 118. The molecular weight excluding hydrogens is 909 g/mol. The van der Waals surface area contributed by atoms with Gasteiger partial charge in [-0.2, -0.15) is 0 Å². The number of allylic oxidation sites excluding steroid dienone is 1. The van der Waals surface area contributed by atoms with Gasteiger partial charge in [-0.25, -0.2) is 0 Å². The van der Waals surface area contributed by atoms with Gasteiger partial charge >= 0.3 is 11.9 Å². The first-order chi connectivity index (χ1) is 32.3. The van der Waals surface area contributed by atoms with Crippen molar-refractivity contribution in [1.82, 2.24) is 0 Å². The fourth-order valence-electron chi connectivity index (χ4n) is 15.3. The molecule has 8 rings (SSSR count). The van der Waals surface area contributed by atoms with Crippen LogP contribution in [0.15, 0.2) is 11.6 Å². The van der Waals surface area contributed by atoms with Gasteiger partial charge in [0.25, 0.3) is 0 Å². The summed E-state index contributed by atoms with van der Waals surface area (Å²) in [6.45, 7) is 11.8. The molecule has 3 aliphatic heterocycles. The molecule has 20 heteroatoms. The van der Waals surface area contributed by atoms with E-state index in [1.807, 2.05) is 13.8 Å². The monoisotopic (exact) mass is 987 g/mol. The summed E-state index contributed by atoms with van der Waals surface area (Å²) < 4.78 is 41.6. The molecule has 5 aliphatic carbocycles. The highest BCUT2D eigenvalue weighted by molar-refractivity contribution is 5.79. The molecule has 0 aromatic rings. The molecule has 0 aromatic heterocycles. The zero-order chi connectivity index (χ0) is 50.6. The predicted molar refractivity (Wildman–Crippen MR) is 237 cm³/mol. The van der Waals surface area contributed by atoms with Gasteiger partial charge in [-0.1, -0.05) is 46.3 Å². The van der Waals surface area contributed by atoms with Crippen molar-refractivity contribution in [3.05, 3.63) is 11.6 Å². The SMILES string of the molecule is CC(=O)O[C@H]1[C@H](O[C@H]2CC[C@@]3(C)[C@@H](CC[C@]4(C)[C@@H]3CC=C3[C@H]5[C@](C(=O)O[C@@H]6O[C@H](CO)[C@@H](O)[C@H](O)[C@H]6O)(CC[C@@H](C)[C@@]5(C)O)CC[C@]34C)[C@]2(C)CO)OC[C@H](O)[C@@H]1O[C@@H]1O[C@H](CO)[C@@H](O)[C@H](O)[C@H]1O. The lowest BCUT2D eigenvalue weighted by Gasteiger charge is -2.72. The summed E-state index contributed by atoms with van der Waals surface area (Å²) in [7, 11) is 0. The molecule has 0 amide bonds. The summed E-state index contributed by atoms with van der Waals surface area (Å²) in [6.07, 6.45) is -15.2. The van der Waals surface area contributed by atoms with Crippen LogP contribution in [0.1, 0.15) is 106 Å². The largest absolute Gasteiger partial charge is 0.454 e. The Morgan fingerprint density at radius 2 is 1.32 bits per heavy atom. The number of carbonyl (C=O) groups is 2. The van der Waals surface area contributed by atoms with Crippen molar-refractivity contribution in [3.63, 3.8) is 0 Å². The van der Waals surface area contributed by atoms with Crippen LogP contribution >= 0.6 is 0 Å². The third-order valence-corrected chi connectivity index (χ3v) is 19.8. The van der Waals surface area contributed by atoms with Crippen molar-refractivity contribution < 1.29 is 98.9 Å². The highest BCUT2D eigenvalue weighted by Crippen LogP contribution is 2.76. The van der Waals surface area contributed by atoms with E-state index in [9.17, 15) is 65.8 Å². The zero-order valence-corrected chi connectivity index (χ0v) is 40.8. The predicted octanol–water partition coefficient (Wildman–Crippen LogP) is -0.706. The Hall–Kier alpha value is -1.96. The third-order valence-electron chi connectivity index (χ3n) is 19.8. The number of esters is 2. The van der Waals surface area contributed by atoms with E-state index in [1.54, 1.807) is 6.92 Å². The Bertz CT molecular complexity index is 1910. The van der Waals surface area contributed by atoms with Gasteiger partial charge in [-0.05, 0) is 98.7 Å². The average Bonchev–Trinajstić information content (AvgIpc) is 3.30. The molecular formula is C49H78O20. The van der Waals surface area contributed by atoms with E-state index in [4.69, 9.17) is 33.2 Å². The van der Waals surface area contributed by atoms with Gasteiger partial charge in [0.15, 0.2) is 18.7 Å². The molecule has 0 aromatic carbocycles. The maximum Gasteiger partial charge on any atom is 0.315 e. The lowest BCUT2D eigenvalue weighted by molar-refractivity contribution is -0.358. The molecule has 0 radical (unpaired) electrons. The minimum atomic E-state index is -1.80. The molecule has 20 nitrogen and oxygen atoms in total. The fourth-order valence-corrected chi connectivity index (χ4v) is 15.3. The van der Waals surface area contributed by atoms with Crippen LogP contribution < -0.4 is 0 Å².